The van der Waals surface area contributed by atoms with E-state index in [0.29, 0.717) is 0 Å². The second kappa shape index (κ2) is 5.87. The Morgan fingerprint density at radius 2 is 1.89 bits per heavy atom. The van der Waals surface area contributed by atoms with Gasteiger partial charge in [-0.2, -0.15) is 0 Å². The van der Waals surface area contributed by atoms with Crippen molar-refractivity contribution in [1.82, 2.24) is 5.32 Å². The average Bonchev–Trinajstić information content (AvgIpc) is 2.66. The number of halogens is 2. The summed E-state index contributed by atoms with van der Waals surface area (Å²) in [6, 6.07) is 8.87. The summed E-state index contributed by atoms with van der Waals surface area (Å²) in [6.45, 7) is 4.25. The fourth-order valence-corrected chi connectivity index (χ4v) is 4.16. The molecule has 0 aliphatic rings. The maximum Gasteiger partial charge on any atom is 0.0731 e. The van der Waals surface area contributed by atoms with Crippen LogP contribution in [0.4, 0.5) is 0 Å². The molecule has 2 rings (SSSR count). The molecule has 1 unspecified atom stereocenters. The van der Waals surface area contributed by atoms with Crippen LogP contribution in [0.1, 0.15) is 27.6 Å². The molecule has 2 aromatic rings. The van der Waals surface area contributed by atoms with E-state index in [4.69, 9.17) is 0 Å². The summed E-state index contributed by atoms with van der Waals surface area (Å²) >= 11 is 9.09. The lowest BCUT2D eigenvalue weighted by molar-refractivity contribution is 0.700. The Bertz CT molecular complexity index is 543. The predicted molar refractivity (Wildman–Crippen MR) is 86.5 cm³/mol. The fraction of sp³-hybridized carbons (Fsp3) is 0.286. The molecule has 1 N–H and O–H groups in total. The van der Waals surface area contributed by atoms with Crippen LogP contribution in [0.25, 0.3) is 0 Å². The Morgan fingerprint density at radius 3 is 2.44 bits per heavy atom. The van der Waals surface area contributed by atoms with Crippen LogP contribution in [0.3, 0.4) is 0 Å². The third kappa shape index (κ3) is 2.72. The quantitative estimate of drug-likeness (QED) is 0.761. The van der Waals surface area contributed by atoms with E-state index in [-0.39, 0.29) is 6.04 Å². The van der Waals surface area contributed by atoms with E-state index in [1.54, 1.807) is 11.3 Å². The highest BCUT2D eigenvalue weighted by atomic mass is 79.9. The zero-order valence-electron chi connectivity index (χ0n) is 10.6. The van der Waals surface area contributed by atoms with Gasteiger partial charge in [-0.3, -0.25) is 0 Å². The Kier molecular flexibility index (Phi) is 4.64. The van der Waals surface area contributed by atoms with Gasteiger partial charge < -0.3 is 5.32 Å². The van der Waals surface area contributed by atoms with Gasteiger partial charge in [0.1, 0.15) is 0 Å². The summed E-state index contributed by atoms with van der Waals surface area (Å²) in [5.41, 5.74) is 3.84. The van der Waals surface area contributed by atoms with Crippen molar-refractivity contribution in [2.24, 2.45) is 0 Å². The molecule has 0 saturated heterocycles. The molecule has 4 heteroatoms. The Balaban J connectivity index is 2.48. The number of aryl methyl sites for hydroxylation is 2. The first-order chi connectivity index (χ1) is 8.54. The van der Waals surface area contributed by atoms with Gasteiger partial charge in [-0.25, -0.2) is 0 Å². The van der Waals surface area contributed by atoms with E-state index in [0.717, 1.165) is 0 Å². The number of hydrogen-bond donors (Lipinski definition) is 1. The second-order valence-electron chi connectivity index (χ2n) is 4.31. The third-order valence-electron chi connectivity index (χ3n) is 2.98. The van der Waals surface area contributed by atoms with Gasteiger partial charge in [0, 0.05) is 9.35 Å². The summed E-state index contributed by atoms with van der Waals surface area (Å²) in [7, 11) is 2.00. The molecule has 0 spiro atoms. The van der Waals surface area contributed by atoms with Gasteiger partial charge in [-0.05, 0) is 59.6 Å². The molecular weight excluding hydrogens is 374 g/mol. The van der Waals surface area contributed by atoms with Crippen LogP contribution in [-0.4, -0.2) is 7.05 Å². The highest BCUT2D eigenvalue weighted by molar-refractivity contribution is 9.11. The summed E-state index contributed by atoms with van der Waals surface area (Å²) in [5, 5.41) is 3.40. The highest BCUT2D eigenvalue weighted by Crippen LogP contribution is 2.37. The molecule has 0 saturated carbocycles. The van der Waals surface area contributed by atoms with Crippen molar-refractivity contribution in [2.75, 3.05) is 7.05 Å². The molecule has 1 heterocycles. The molecular formula is C14H15Br2NS. The smallest absolute Gasteiger partial charge is 0.0731 e. The molecule has 1 aromatic carbocycles. The number of nitrogens with one attached hydrogen (secondary N) is 1. The van der Waals surface area contributed by atoms with Crippen molar-refractivity contribution in [3.8, 4) is 0 Å². The van der Waals surface area contributed by atoms with E-state index in [1.807, 2.05) is 7.05 Å². The van der Waals surface area contributed by atoms with Crippen molar-refractivity contribution in [1.29, 1.82) is 0 Å². The van der Waals surface area contributed by atoms with E-state index in [2.05, 4.69) is 75.3 Å². The maximum atomic E-state index is 3.70. The monoisotopic (exact) mass is 387 g/mol. The number of hydrogen-bond acceptors (Lipinski definition) is 2. The summed E-state index contributed by atoms with van der Waals surface area (Å²) in [6.07, 6.45) is 0. The average molecular weight is 389 g/mol. The van der Waals surface area contributed by atoms with Gasteiger partial charge in [0.15, 0.2) is 0 Å². The van der Waals surface area contributed by atoms with Crippen molar-refractivity contribution >= 4 is 43.2 Å². The maximum absolute atomic E-state index is 3.70. The molecule has 96 valence electrons. The minimum absolute atomic E-state index is 0.231. The molecule has 0 amide bonds. The standard InChI is InChI=1S/C14H15Br2NS/c1-8-5-4-6-10(12(8)15)13(17-3)11-7-9(2)14(16)18-11/h4-7,13,17H,1-3H3. The van der Waals surface area contributed by atoms with Crippen molar-refractivity contribution in [3.63, 3.8) is 0 Å². The zero-order chi connectivity index (χ0) is 13.3. The summed E-state index contributed by atoms with van der Waals surface area (Å²) in [5.74, 6) is 0. The van der Waals surface area contributed by atoms with Gasteiger partial charge in [0.2, 0.25) is 0 Å². The lowest BCUT2D eigenvalue weighted by atomic mass is 10.0. The minimum atomic E-state index is 0.231. The largest absolute Gasteiger partial charge is 0.309 e. The molecule has 18 heavy (non-hydrogen) atoms. The lowest BCUT2D eigenvalue weighted by Gasteiger charge is -2.17. The first-order valence-corrected chi connectivity index (χ1v) is 8.13. The summed E-state index contributed by atoms with van der Waals surface area (Å²) < 4.78 is 2.40. The SMILES string of the molecule is CNC(c1cc(C)c(Br)s1)c1cccc(C)c1Br. The molecule has 0 aliphatic carbocycles. The Morgan fingerprint density at radius 1 is 1.17 bits per heavy atom. The second-order valence-corrected chi connectivity index (χ2v) is 7.50. The van der Waals surface area contributed by atoms with Crippen LogP contribution in [0.15, 0.2) is 32.5 Å². The molecule has 1 nitrogen and oxygen atoms in total. The van der Waals surface area contributed by atoms with E-state index < -0.39 is 0 Å². The molecule has 1 aromatic heterocycles. The van der Waals surface area contributed by atoms with Crippen molar-refractivity contribution in [2.45, 2.75) is 19.9 Å². The fourth-order valence-electron chi connectivity index (χ4n) is 1.97. The first-order valence-electron chi connectivity index (χ1n) is 5.72. The zero-order valence-corrected chi connectivity index (χ0v) is 14.5. The van der Waals surface area contributed by atoms with E-state index in [1.165, 1.54) is 29.8 Å². The molecule has 0 bridgehead atoms. The number of benzene rings is 1. The first kappa shape index (κ1) is 14.3. The normalized spacial score (nSPS) is 12.7. The lowest BCUT2D eigenvalue weighted by Crippen LogP contribution is -2.17. The Hall–Kier alpha value is -0.160. The van der Waals surface area contributed by atoms with Gasteiger partial charge in [-0.15, -0.1) is 11.3 Å². The van der Waals surface area contributed by atoms with Crippen LogP contribution in [0.2, 0.25) is 0 Å². The molecule has 0 fully saturated rings. The molecule has 1 atom stereocenters. The topological polar surface area (TPSA) is 12.0 Å². The van der Waals surface area contributed by atoms with Gasteiger partial charge in [0.25, 0.3) is 0 Å². The minimum Gasteiger partial charge on any atom is -0.309 e. The third-order valence-corrected chi connectivity index (χ3v) is 6.27. The predicted octanol–water partition coefficient (Wildman–Crippen LogP) is 5.20. The number of thiophene rings is 1. The Labute approximate surface area is 129 Å². The van der Waals surface area contributed by atoms with Gasteiger partial charge in [0.05, 0.1) is 9.83 Å². The van der Waals surface area contributed by atoms with Crippen LogP contribution in [0, 0.1) is 13.8 Å². The van der Waals surface area contributed by atoms with Crippen LogP contribution in [-0.2, 0) is 0 Å². The summed E-state index contributed by atoms with van der Waals surface area (Å²) in [4.78, 5) is 1.33. The molecule has 0 radical (unpaired) electrons. The van der Waals surface area contributed by atoms with Crippen molar-refractivity contribution < 1.29 is 0 Å². The number of rotatable bonds is 3. The van der Waals surface area contributed by atoms with Crippen LogP contribution in [0.5, 0.6) is 0 Å². The van der Waals surface area contributed by atoms with Crippen LogP contribution < -0.4 is 5.32 Å². The van der Waals surface area contributed by atoms with Crippen molar-refractivity contribution in [3.05, 3.63) is 54.1 Å². The van der Waals surface area contributed by atoms with E-state index >= 15 is 0 Å². The molecule has 0 aliphatic heterocycles. The van der Waals surface area contributed by atoms with Crippen LogP contribution >= 0.6 is 43.2 Å². The van der Waals surface area contributed by atoms with Gasteiger partial charge >= 0.3 is 0 Å². The van der Waals surface area contributed by atoms with E-state index in [9.17, 15) is 0 Å². The van der Waals surface area contributed by atoms with Gasteiger partial charge in [-0.1, -0.05) is 34.1 Å². The highest BCUT2D eigenvalue weighted by Gasteiger charge is 2.18.